The van der Waals surface area contributed by atoms with Crippen LogP contribution in [0.5, 0.6) is 0 Å². The van der Waals surface area contributed by atoms with E-state index < -0.39 is 17.5 Å². The van der Waals surface area contributed by atoms with E-state index in [2.05, 4.69) is 0 Å². The first-order valence-electron chi connectivity index (χ1n) is 4.08. The van der Waals surface area contributed by atoms with Crippen molar-refractivity contribution in [3.63, 3.8) is 0 Å². The smallest absolute Gasteiger partial charge is 0.332 e. The molecule has 0 aliphatic heterocycles. The summed E-state index contributed by atoms with van der Waals surface area (Å²) in [5.74, 6) is -1.28. The quantitative estimate of drug-likeness (QED) is 0.442. The minimum absolute atomic E-state index is 0.0347. The van der Waals surface area contributed by atoms with Gasteiger partial charge in [0.25, 0.3) is 0 Å². The normalized spacial score (nSPS) is 14.2. The predicted molar refractivity (Wildman–Crippen MR) is 45.2 cm³/mol. The summed E-state index contributed by atoms with van der Waals surface area (Å²) in [5.41, 5.74) is -0.712. The van der Waals surface area contributed by atoms with E-state index in [0.29, 0.717) is 0 Å². The molecule has 13 heavy (non-hydrogen) atoms. The maximum Gasteiger partial charge on any atom is 0.332 e. The molecule has 4 N–H and O–H groups in total. The first-order chi connectivity index (χ1) is 5.95. The van der Waals surface area contributed by atoms with Crippen molar-refractivity contribution >= 4 is 5.97 Å². The predicted octanol–water partition coefficient (Wildman–Crippen LogP) is -0.797. The number of aliphatic carboxylic acids is 1. The Kier molecular flexibility index (Phi) is 4.90. The number of rotatable bonds is 6. The topological polar surface area (TPSA) is 98.0 Å². The number of aliphatic hydroxyl groups is 3. The fourth-order valence-corrected chi connectivity index (χ4v) is 0.817. The molecule has 5 heteroatoms. The summed E-state index contributed by atoms with van der Waals surface area (Å²) in [6, 6.07) is 0. The number of carbonyl (C=O) groups is 1. The number of hydrogen-bond acceptors (Lipinski definition) is 4. The van der Waals surface area contributed by atoms with Crippen molar-refractivity contribution in [1.82, 2.24) is 0 Å². The number of aliphatic hydroxyl groups excluding tert-OH is 3. The lowest BCUT2D eigenvalue weighted by Crippen LogP contribution is -2.29. The molecule has 0 heterocycles. The van der Waals surface area contributed by atoms with Crippen molar-refractivity contribution in [2.45, 2.75) is 25.9 Å². The highest BCUT2D eigenvalue weighted by Crippen LogP contribution is 2.22. The Bertz CT molecular complexity index is 164. The molecular weight excluding hydrogens is 176 g/mol. The Morgan fingerprint density at radius 2 is 1.85 bits per heavy atom. The highest BCUT2D eigenvalue weighted by Gasteiger charge is 2.25. The largest absolute Gasteiger partial charge is 0.479 e. The minimum Gasteiger partial charge on any atom is -0.479 e. The summed E-state index contributed by atoms with van der Waals surface area (Å²) in [5, 5.41) is 35.0. The molecule has 0 radical (unpaired) electrons. The zero-order valence-corrected chi connectivity index (χ0v) is 7.60. The molecule has 5 nitrogen and oxygen atoms in total. The van der Waals surface area contributed by atoms with Gasteiger partial charge in [-0.05, 0) is 12.8 Å². The Hall–Kier alpha value is -0.650. The second kappa shape index (κ2) is 5.16. The van der Waals surface area contributed by atoms with Gasteiger partial charge in [0.2, 0.25) is 0 Å². The molecule has 1 atom stereocenters. The van der Waals surface area contributed by atoms with Gasteiger partial charge in [0, 0.05) is 5.41 Å². The number of hydrogen-bond donors (Lipinski definition) is 4. The van der Waals surface area contributed by atoms with Crippen LogP contribution < -0.4 is 0 Å². The van der Waals surface area contributed by atoms with Gasteiger partial charge >= 0.3 is 5.97 Å². The van der Waals surface area contributed by atoms with Crippen molar-refractivity contribution in [3.05, 3.63) is 0 Å². The summed E-state index contributed by atoms with van der Waals surface area (Å²) in [4.78, 5) is 10.2. The van der Waals surface area contributed by atoms with Gasteiger partial charge in [0.1, 0.15) is 0 Å². The van der Waals surface area contributed by atoms with E-state index in [1.54, 1.807) is 6.92 Å². The standard InChI is InChI=1S/C8H16O5/c1-8(4-9,5-10)3-2-6(11)7(12)13/h6,9-11H,2-5H2,1H3,(H,12,13). The van der Waals surface area contributed by atoms with E-state index in [9.17, 15) is 4.79 Å². The number of carboxylic acids is 1. The van der Waals surface area contributed by atoms with Crippen LogP contribution in [-0.4, -0.2) is 45.7 Å². The van der Waals surface area contributed by atoms with Crippen LogP contribution in [-0.2, 0) is 4.79 Å². The van der Waals surface area contributed by atoms with E-state index in [1.807, 2.05) is 0 Å². The average Bonchev–Trinajstić information content (AvgIpc) is 2.13. The summed E-state index contributed by atoms with van der Waals surface area (Å²) in [6.45, 7) is 1.17. The summed E-state index contributed by atoms with van der Waals surface area (Å²) >= 11 is 0. The monoisotopic (exact) mass is 192 g/mol. The lowest BCUT2D eigenvalue weighted by Gasteiger charge is -2.24. The van der Waals surface area contributed by atoms with Crippen LogP contribution in [0.4, 0.5) is 0 Å². The van der Waals surface area contributed by atoms with Crippen molar-refractivity contribution < 1.29 is 25.2 Å². The van der Waals surface area contributed by atoms with E-state index in [4.69, 9.17) is 20.4 Å². The molecular formula is C8H16O5. The lowest BCUT2D eigenvalue weighted by atomic mass is 9.86. The van der Waals surface area contributed by atoms with Crippen LogP contribution in [0.25, 0.3) is 0 Å². The SMILES string of the molecule is CC(CO)(CO)CCC(O)C(=O)O. The second-order valence-electron chi connectivity index (χ2n) is 3.52. The van der Waals surface area contributed by atoms with Gasteiger partial charge in [-0.2, -0.15) is 0 Å². The van der Waals surface area contributed by atoms with Crippen LogP contribution in [0.15, 0.2) is 0 Å². The molecule has 0 spiro atoms. The van der Waals surface area contributed by atoms with Crippen molar-refractivity contribution in [1.29, 1.82) is 0 Å². The average molecular weight is 192 g/mol. The Morgan fingerprint density at radius 1 is 1.38 bits per heavy atom. The van der Waals surface area contributed by atoms with Crippen LogP contribution in [0, 0.1) is 5.41 Å². The van der Waals surface area contributed by atoms with Crippen LogP contribution in [0.2, 0.25) is 0 Å². The van der Waals surface area contributed by atoms with Gasteiger partial charge in [-0.1, -0.05) is 6.92 Å². The van der Waals surface area contributed by atoms with Crippen molar-refractivity contribution in [2.75, 3.05) is 13.2 Å². The molecule has 0 aliphatic carbocycles. The van der Waals surface area contributed by atoms with E-state index in [1.165, 1.54) is 0 Å². The molecule has 0 aliphatic rings. The van der Waals surface area contributed by atoms with Crippen LogP contribution in [0.3, 0.4) is 0 Å². The van der Waals surface area contributed by atoms with Crippen LogP contribution in [0.1, 0.15) is 19.8 Å². The van der Waals surface area contributed by atoms with E-state index in [0.717, 1.165) is 0 Å². The maximum atomic E-state index is 10.2. The van der Waals surface area contributed by atoms with Crippen molar-refractivity contribution in [2.24, 2.45) is 5.41 Å². The molecule has 0 aromatic rings. The second-order valence-corrected chi connectivity index (χ2v) is 3.52. The first-order valence-corrected chi connectivity index (χ1v) is 4.08. The van der Waals surface area contributed by atoms with E-state index >= 15 is 0 Å². The van der Waals surface area contributed by atoms with Gasteiger partial charge in [-0.25, -0.2) is 4.79 Å². The third kappa shape index (κ3) is 4.21. The molecule has 0 saturated heterocycles. The molecule has 0 amide bonds. The van der Waals surface area contributed by atoms with Gasteiger partial charge in [0.15, 0.2) is 6.10 Å². The highest BCUT2D eigenvalue weighted by molar-refractivity contribution is 5.71. The van der Waals surface area contributed by atoms with Gasteiger partial charge < -0.3 is 20.4 Å². The zero-order valence-electron chi connectivity index (χ0n) is 7.60. The third-order valence-corrected chi connectivity index (χ3v) is 2.07. The summed E-state index contributed by atoms with van der Waals surface area (Å²) < 4.78 is 0. The molecule has 0 rings (SSSR count). The molecule has 0 aromatic carbocycles. The third-order valence-electron chi connectivity index (χ3n) is 2.07. The van der Waals surface area contributed by atoms with E-state index in [-0.39, 0.29) is 26.1 Å². The molecule has 1 unspecified atom stereocenters. The van der Waals surface area contributed by atoms with Crippen LogP contribution >= 0.6 is 0 Å². The van der Waals surface area contributed by atoms with Gasteiger partial charge in [-0.3, -0.25) is 0 Å². The lowest BCUT2D eigenvalue weighted by molar-refractivity contribution is -0.147. The molecule has 0 aromatic heterocycles. The van der Waals surface area contributed by atoms with Gasteiger partial charge in [-0.15, -0.1) is 0 Å². The summed E-state index contributed by atoms with van der Waals surface area (Å²) in [7, 11) is 0. The number of carboxylic acid groups (broad SMARTS) is 1. The first kappa shape index (κ1) is 12.3. The molecule has 78 valence electrons. The zero-order chi connectivity index (χ0) is 10.5. The minimum atomic E-state index is -1.42. The molecule has 0 bridgehead atoms. The highest BCUT2D eigenvalue weighted by atomic mass is 16.4. The van der Waals surface area contributed by atoms with Crippen molar-refractivity contribution in [3.8, 4) is 0 Å². The molecule has 0 saturated carbocycles. The fraction of sp³-hybridized carbons (Fsp3) is 0.875. The Morgan fingerprint density at radius 3 is 2.15 bits per heavy atom. The Labute approximate surface area is 76.6 Å². The fourth-order valence-electron chi connectivity index (χ4n) is 0.817. The van der Waals surface area contributed by atoms with Gasteiger partial charge in [0.05, 0.1) is 13.2 Å². The molecule has 0 fully saturated rings. The maximum absolute atomic E-state index is 10.2. The summed E-state index contributed by atoms with van der Waals surface area (Å²) in [6.07, 6.45) is -1.11. The Balaban J connectivity index is 3.92.